The van der Waals surface area contributed by atoms with Crippen LogP contribution < -0.4 is 5.32 Å². The normalized spacial score (nSPS) is 42.4. The van der Waals surface area contributed by atoms with Gasteiger partial charge in [-0.25, -0.2) is 0 Å². The van der Waals surface area contributed by atoms with Crippen LogP contribution in [-0.2, 0) is 4.79 Å². The fourth-order valence-corrected chi connectivity index (χ4v) is 2.34. The number of hydrogen-bond acceptors (Lipinski definition) is 2. The van der Waals surface area contributed by atoms with Crippen molar-refractivity contribution in [2.45, 2.75) is 37.8 Å². The van der Waals surface area contributed by atoms with E-state index in [1.165, 1.54) is 19.3 Å². The van der Waals surface area contributed by atoms with Crippen LogP contribution in [0.2, 0.25) is 0 Å². The molecule has 1 aliphatic carbocycles. The van der Waals surface area contributed by atoms with Crippen molar-refractivity contribution in [3.05, 3.63) is 0 Å². The predicted octanol–water partition coefficient (Wildman–Crippen LogP) is 0.602. The minimum Gasteiger partial charge on any atom is -0.480 e. The highest BCUT2D eigenvalue weighted by Crippen LogP contribution is 2.34. The van der Waals surface area contributed by atoms with Crippen LogP contribution in [-0.4, -0.2) is 23.2 Å². The van der Waals surface area contributed by atoms with E-state index in [9.17, 15) is 4.79 Å². The summed E-state index contributed by atoms with van der Waals surface area (Å²) in [7, 11) is 0. The van der Waals surface area contributed by atoms with Crippen molar-refractivity contribution in [1.29, 1.82) is 0 Å². The van der Waals surface area contributed by atoms with Crippen LogP contribution in [0.1, 0.15) is 25.7 Å². The molecule has 0 aromatic heterocycles. The van der Waals surface area contributed by atoms with Crippen molar-refractivity contribution in [3.8, 4) is 0 Å². The molecule has 0 aromatic rings. The van der Waals surface area contributed by atoms with Crippen LogP contribution >= 0.6 is 0 Å². The summed E-state index contributed by atoms with van der Waals surface area (Å²) in [6, 6.07) is 0.251. The van der Waals surface area contributed by atoms with Crippen LogP contribution in [0.5, 0.6) is 0 Å². The van der Waals surface area contributed by atoms with E-state index in [4.69, 9.17) is 5.11 Å². The summed E-state index contributed by atoms with van der Waals surface area (Å²) in [6.45, 7) is 0. The van der Waals surface area contributed by atoms with E-state index in [1.54, 1.807) is 0 Å². The molecule has 3 heteroatoms. The lowest BCUT2D eigenvalue weighted by Crippen LogP contribution is -2.34. The number of carboxylic acid groups (broad SMARTS) is 1. The summed E-state index contributed by atoms with van der Waals surface area (Å²) < 4.78 is 0. The van der Waals surface area contributed by atoms with Gasteiger partial charge in [0.2, 0.25) is 0 Å². The van der Waals surface area contributed by atoms with Gasteiger partial charge in [-0.05, 0) is 25.2 Å². The Morgan fingerprint density at radius 1 is 1.45 bits per heavy atom. The lowest BCUT2D eigenvalue weighted by molar-refractivity contribution is -0.139. The summed E-state index contributed by atoms with van der Waals surface area (Å²) in [4.78, 5) is 10.6. The molecule has 3 atom stereocenters. The van der Waals surface area contributed by atoms with Gasteiger partial charge in [0, 0.05) is 6.04 Å². The molecule has 0 aromatic carbocycles. The minimum absolute atomic E-state index is 0.259. The van der Waals surface area contributed by atoms with Gasteiger partial charge in [-0.15, -0.1) is 0 Å². The second-order valence-electron chi connectivity index (χ2n) is 3.59. The summed E-state index contributed by atoms with van der Waals surface area (Å²) in [5, 5.41) is 11.9. The first kappa shape index (κ1) is 7.10. The number of aliphatic carboxylic acids is 1. The predicted molar refractivity (Wildman–Crippen MR) is 40.3 cm³/mol. The van der Waals surface area contributed by atoms with E-state index in [2.05, 4.69) is 5.32 Å². The summed E-state index contributed by atoms with van der Waals surface area (Å²) in [5.74, 6) is -0.0319. The molecular weight excluding hydrogens is 142 g/mol. The Bertz CT molecular complexity index is 169. The van der Waals surface area contributed by atoms with Crippen molar-refractivity contribution in [2.75, 3.05) is 0 Å². The van der Waals surface area contributed by atoms with Gasteiger partial charge in [-0.1, -0.05) is 6.42 Å². The Labute approximate surface area is 65.8 Å². The van der Waals surface area contributed by atoms with Crippen LogP contribution in [0.15, 0.2) is 0 Å². The zero-order valence-corrected chi connectivity index (χ0v) is 6.42. The molecule has 2 rings (SSSR count). The van der Waals surface area contributed by atoms with E-state index in [0.717, 1.165) is 6.42 Å². The Morgan fingerprint density at radius 3 is 2.91 bits per heavy atom. The zero-order valence-electron chi connectivity index (χ0n) is 6.42. The van der Waals surface area contributed by atoms with E-state index in [-0.39, 0.29) is 6.04 Å². The molecule has 11 heavy (non-hydrogen) atoms. The van der Waals surface area contributed by atoms with Crippen molar-refractivity contribution in [1.82, 2.24) is 5.32 Å². The van der Waals surface area contributed by atoms with Crippen LogP contribution in [0, 0.1) is 5.92 Å². The maximum Gasteiger partial charge on any atom is 0.320 e. The molecule has 62 valence electrons. The van der Waals surface area contributed by atoms with Crippen molar-refractivity contribution in [2.24, 2.45) is 5.92 Å². The molecule has 3 nitrogen and oxygen atoms in total. The SMILES string of the molecule is O=C(O)C1C[C@@H]2CCC[C@@H]2N1. The third kappa shape index (κ3) is 1.13. The number of carboxylic acids is 1. The monoisotopic (exact) mass is 155 g/mol. The Hall–Kier alpha value is -0.570. The number of fused-ring (bicyclic) bond motifs is 1. The minimum atomic E-state index is -0.681. The number of nitrogens with one attached hydrogen (secondary N) is 1. The van der Waals surface area contributed by atoms with Gasteiger partial charge in [0.05, 0.1) is 0 Å². The van der Waals surface area contributed by atoms with Crippen molar-refractivity contribution in [3.63, 3.8) is 0 Å². The van der Waals surface area contributed by atoms with Crippen molar-refractivity contribution >= 4 is 5.97 Å². The molecule has 0 radical (unpaired) electrons. The molecule has 2 aliphatic rings. The topological polar surface area (TPSA) is 49.3 Å². The molecule has 1 heterocycles. The maximum absolute atomic E-state index is 10.6. The van der Waals surface area contributed by atoms with Gasteiger partial charge in [0.15, 0.2) is 0 Å². The van der Waals surface area contributed by atoms with Gasteiger partial charge in [0.25, 0.3) is 0 Å². The highest BCUT2D eigenvalue weighted by Gasteiger charge is 2.39. The molecule has 1 saturated heterocycles. The van der Waals surface area contributed by atoms with Gasteiger partial charge < -0.3 is 10.4 Å². The summed E-state index contributed by atoms with van der Waals surface area (Å²) in [5.41, 5.74) is 0. The smallest absolute Gasteiger partial charge is 0.320 e. The van der Waals surface area contributed by atoms with E-state index >= 15 is 0 Å². The van der Waals surface area contributed by atoms with Gasteiger partial charge in [0.1, 0.15) is 6.04 Å². The molecule has 0 bridgehead atoms. The fourth-order valence-electron chi connectivity index (χ4n) is 2.34. The van der Waals surface area contributed by atoms with Crippen molar-refractivity contribution < 1.29 is 9.90 Å². The number of carbonyl (C=O) groups is 1. The quantitative estimate of drug-likeness (QED) is 0.583. The Morgan fingerprint density at radius 2 is 2.27 bits per heavy atom. The average Bonchev–Trinajstić information content (AvgIpc) is 2.40. The van der Waals surface area contributed by atoms with Crippen LogP contribution in [0.3, 0.4) is 0 Å². The fraction of sp³-hybridized carbons (Fsp3) is 0.875. The molecule has 0 spiro atoms. The van der Waals surface area contributed by atoms with Gasteiger partial charge in [-0.2, -0.15) is 0 Å². The zero-order chi connectivity index (χ0) is 7.84. The third-order valence-electron chi connectivity index (χ3n) is 2.91. The molecule has 2 fully saturated rings. The van der Waals surface area contributed by atoms with Gasteiger partial charge in [-0.3, -0.25) is 4.79 Å². The summed E-state index contributed by atoms with van der Waals surface area (Å²) in [6.07, 6.45) is 4.52. The molecule has 1 aliphatic heterocycles. The average molecular weight is 155 g/mol. The molecule has 2 N–H and O–H groups in total. The first-order valence-electron chi connectivity index (χ1n) is 4.26. The Kier molecular flexibility index (Phi) is 1.60. The van der Waals surface area contributed by atoms with Crippen LogP contribution in [0.25, 0.3) is 0 Å². The standard InChI is InChI=1S/C8H13NO2/c10-8(11)7-4-5-2-1-3-6(5)9-7/h5-7,9H,1-4H2,(H,10,11)/t5-,6-,7?/m0/s1. The van der Waals surface area contributed by atoms with E-state index < -0.39 is 5.97 Å². The highest BCUT2D eigenvalue weighted by atomic mass is 16.4. The third-order valence-corrected chi connectivity index (χ3v) is 2.91. The number of rotatable bonds is 1. The lowest BCUT2D eigenvalue weighted by atomic mass is 10.0. The molecule has 0 amide bonds. The Balaban J connectivity index is 1.99. The van der Waals surface area contributed by atoms with E-state index in [1.807, 2.05) is 0 Å². The second kappa shape index (κ2) is 2.48. The molecule has 1 saturated carbocycles. The first-order valence-corrected chi connectivity index (χ1v) is 4.26. The molecular formula is C8H13NO2. The highest BCUT2D eigenvalue weighted by molar-refractivity contribution is 5.74. The molecule has 1 unspecified atom stereocenters. The van der Waals surface area contributed by atoms with Crippen LogP contribution in [0.4, 0.5) is 0 Å². The summed E-state index contributed by atoms with van der Waals surface area (Å²) >= 11 is 0. The maximum atomic E-state index is 10.6. The second-order valence-corrected chi connectivity index (χ2v) is 3.59. The first-order chi connectivity index (χ1) is 5.27. The lowest BCUT2D eigenvalue weighted by Gasteiger charge is -2.07. The largest absolute Gasteiger partial charge is 0.480 e. The number of hydrogen-bond donors (Lipinski definition) is 2. The van der Waals surface area contributed by atoms with E-state index in [0.29, 0.717) is 12.0 Å². The van der Waals surface area contributed by atoms with Gasteiger partial charge >= 0.3 is 5.97 Å².